The molecule has 2 rings (SSSR count). The highest BCUT2D eigenvalue weighted by molar-refractivity contribution is 5.49. The topological polar surface area (TPSA) is 15.3 Å². The number of nitrogens with zero attached hydrogens (tertiary/aromatic N) is 1. The fraction of sp³-hybridized carbons (Fsp3) is 0.500. The van der Waals surface area contributed by atoms with E-state index in [1.807, 2.05) is 0 Å². The summed E-state index contributed by atoms with van der Waals surface area (Å²) in [6.45, 7) is 2.82. The molecule has 17 heavy (non-hydrogen) atoms. The first-order valence-electron chi connectivity index (χ1n) is 5.78. The summed E-state index contributed by atoms with van der Waals surface area (Å²) < 4.78 is 40.0. The summed E-state index contributed by atoms with van der Waals surface area (Å²) in [5.74, 6) is -2.52. The molecule has 0 aromatic heterocycles. The molecule has 1 aromatic rings. The van der Waals surface area contributed by atoms with Crippen molar-refractivity contribution >= 4 is 5.69 Å². The molecule has 0 spiro atoms. The molecule has 0 radical (unpaired) electrons. The molecule has 1 aliphatic heterocycles. The van der Waals surface area contributed by atoms with Crippen LogP contribution < -0.4 is 10.2 Å². The van der Waals surface area contributed by atoms with Gasteiger partial charge in [0.05, 0.1) is 0 Å². The molecule has 1 N–H and O–H groups in total. The van der Waals surface area contributed by atoms with Gasteiger partial charge in [-0.05, 0) is 25.9 Å². The summed E-state index contributed by atoms with van der Waals surface area (Å²) in [6.07, 6.45) is 1.63. The van der Waals surface area contributed by atoms with Crippen LogP contribution in [0.5, 0.6) is 0 Å². The Morgan fingerprint density at radius 1 is 0.941 bits per heavy atom. The second kappa shape index (κ2) is 5.40. The average molecular weight is 244 g/mol. The molecule has 0 unspecified atom stereocenters. The largest absolute Gasteiger partial charge is 0.367 e. The highest BCUT2D eigenvalue weighted by Gasteiger charge is 2.18. The number of halogens is 3. The molecule has 1 aliphatic rings. The van der Waals surface area contributed by atoms with Gasteiger partial charge >= 0.3 is 0 Å². The van der Waals surface area contributed by atoms with Gasteiger partial charge in [-0.3, -0.25) is 0 Å². The minimum absolute atomic E-state index is 0.103. The Bertz CT molecular complexity index is 364. The lowest BCUT2D eigenvalue weighted by atomic mass is 10.2. The van der Waals surface area contributed by atoms with E-state index >= 15 is 0 Å². The zero-order valence-corrected chi connectivity index (χ0v) is 9.48. The van der Waals surface area contributed by atoms with Crippen molar-refractivity contribution in [2.24, 2.45) is 0 Å². The van der Waals surface area contributed by atoms with Crippen molar-refractivity contribution in [3.63, 3.8) is 0 Å². The quantitative estimate of drug-likeness (QED) is 0.815. The molecule has 1 heterocycles. The molecule has 0 atom stereocenters. The van der Waals surface area contributed by atoms with Gasteiger partial charge in [-0.1, -0.05) is 0 Å². The highest BCUT2D eigenvalue weighted by atomic mass is 19.1. The first-order chi connectivity index (χ1) is 8.18. The van der Waals surface area contributed by atoms with Crippen molar-refractivity contribution in [1.82, 2.24) is 5.32 Å². The zero-order chi connectivity index (χ0) is 12.3. The molecule has 0 aliphatic carbocycles. The summed E-state index contributed by atoms with van der Waals surface area (Å²) >= 11 is 0. The van der Waals surface area contributed by atoms with Crippen LogP contribution in [0.25, 0.3) is 0 Å². The maximum Gasteiger partial charge on any atom is 0.152 e. The molecule has 0 saturated carbocycles. The predicted octanol–water partition coefficient (Wildman–Crippen LogP) is 2.29. The van der Waals surface area contributed by atoms with Crippen molar-refractivity contribution in [2.75, 3.05) is 31.1 Å². The molecule has 1 saturated heterocycles. The van der Waals surface area contributed by atoms with Gasteiger partial charge in [0, 0.05) is 25.2 Å². The Morgan fingerprint density at radius 3 is 2.00 bits per heavy atom. The van der Waals surface area contributed by atoms with Crippen LogP contribution in [0.3, 0.4) is 0 Å². The lowest BCUT2D eigenvalue weighted by Crippen LogP contribution is -2.35. The normalized spacial score (nSPS) is 17.7. The number of nitrogens with one attached hydrogen (secondary N) is 1. The summed E-state index contributed by atoms with van der Waals surface area (Å²) in [7, 11) is 0. The van der Waals surface area contributed by atoms with Crippen LogP contribution in [0.1, 0.15) is 12.8 Å². The average Bonchev–Trinajstić information content (AvgIpc) is 2.19. The van der Waals surface area contributed by atoms with E-state index < -0.39 is 17.5 Å². The highest BCUT2D eigenvalue weighted by Crippen LogP contribution is 2.25. The molecular weight excluding hydrogens is 229 g/mol. The van der Waals surface area contributed by atoms with Crippen LogP contribution >= 0.6 is 0 Å². The summed E-state index contributed by atoms with van der Waals surface area (Å²) in [5, 5.41) is 3.22. The minimum atomic E-state index is -0.877. The lowest BCUT2D eigenvalue weighted by Gasteiger charge is -2.27. The van der Waals surface area contributed by atoms with Gasteiger partial charge in [-0.2, -0.15) is 0 Å². The Balaban J connectivity index is 2.24. The standard InChI is InChI=1S/C12H15F3N2/c13-9-7-10(14)12(11(15)8-9)17-5-1-3-16-4-2-6-17/h7-8,16H,1-6H2. The van der Waals surface area contributed by atoms with Crippen molar-refractivity contribution in [3.05, 3.63) is 29.6 Å². The van der Waals surface area contributed by atoms with Gasteiger partial charge in [0.1, 0.15) is 11.5 Å². The zero-order valence-electron chi connectivity index (χ0n) is 9.48. The first-order valence-corrected chi connectivity index (χ1v) is 5.78. The van der Waals surface area contributed by atoms with Gasteiger partial charge in [-0.15, -0.1) is 0 Å². The molecular formula is C12H15F3N2. The monoisotopic (exact) mass is 244 g/mol. The van der Waals surface area contributed by atoms with Crippen LogP contribution in [0.4, 0.5) is 18.9 Å². The lowest BCUT2D eigenvalue weighted by molar-refractivity contribution is 0.518. The third-order valence-corrected chi connectivity index (χ3v) is 2.86. The van der Waals surface area contributed by atoms with Crippen LogP contribution in [0.15, 0.2) is 12.1 Å². The Morgan fingerprint density at radius 2 is 1.47 bits per heavy atom. The van der Waals surface area contributed by atoms with E-state index in [9.17, 15) is 13.2 Å². The van der Waals surface area contributed by atoms with Gasteiger partial charge in [-0.25, -0.2) is 13.2 Å². The molecule has 2 nitrogen and oxygen atoms in total. The molecule has 0 bridgehead atoms. The number of hydrogen-bond acceptors (Lipinski definition) is 2. The second-order valence-corrected chi connectivity index (χ2v) is 4.16. The van der Waals surface area contributed by atoms with E-state index in [1.165, 1.54) is 0 Å². The van der Waals surface area contributed by atoms with Crippen molar-refractivity contribution in [3.8, 4) is 0 Å². The predicted molar refractivity (Wildman–Crippen MR) is 60.6 cm³/mol. The minimum Gasteiger partial charge on any atom is -0.367 e. The molecule has 1 fully saturated rings. The SMILES string of the molecule is Fc1cc(F)c(N2CCCNCCC2)c(F)c1. The van der Waals surface area contributed by atoms with Gasteiger partial charge in [0.2, 0.25) is 0 Å². The summed E-state index contributed by atoms with van der Waals surface area (Å²) in [4.78, 5) is 1.66. The maximum absolute atomic E-state index is 13.6. The van der Waals surface area contributed by atoms with Crippen LogP contribution in [0.2, 0.25) is 0 Å². The van der Waals surface area contributed by atoms with E-state index in [0.717, 1.165) is 38.1 Å². The second-order valence-electron chi connectivity index (χ2n) is 4.16. The van der Waals surface area contributed by atoms with Gasteiger partial charge in [0.25, 0.3) is 0 Å². The fourth-order valence-electron chi connectivity index (χ4n) is 2.09. The first kappa shape index (κ1) is 12.2. The van der Waals surface area contributed by atoms with E-state index in [2.05, 4.69) is 5.32 Å². The van der Waals surface area contributed by atoms with E-state index in [-0.39, 0.29) is 5.69 Å². The third-order valence-electron chi connectivity index (χ3n) is 2.86. The van der Waals surface area contributed by atoms with Crippen LogP contribution in [-0.2, 0) is 0 Å². The van der Waals surface area contributed by atoms with E-state index in [1.54, 1.807) is 4.90 Å². The number of benzene rings is 1. The van der Waals surface area contributed by atoms with Crippen LogP contribution in [0, 0.1) is 17.5 Å². The summed E-state index contributed by atoms with van der Waals surface area (Å²) in [6, 6.07) is 1.46. The molecule has 0 amide bonds. The van der Waals surface area contributed by atoms with E-state index in [4.69, 9.17) is 0 Å². The Labute approximate surface area is 98.4 Å². The van der Waals surface area contributed by atoms with Gasteiger partial charge < -0.3 is 10.2 Å². The molecule has 1 aromatic carbocycles. The third kappa shape index (κ3) is 2.91. The van der Waals surface area contributed by atoms with E-state index in [0.29, 0.717) is 13.1 Å². The molecule has 94 valence electrons. The number of anilines is 1. The number of hydrogen-bond donors (Lipinski definition) is 1. The smallest absolute Gasteiger partial charge is 0.152 e. The van der Waals surface area contributed by atoms with Crippen molar-refractivity contribution in [2.45, 2.75) is 12.8 Å². The van der Waals surface area contributed by atoms with Gasteiger partial charge in [0.15, 0.2) is 11.6 Å². The Hall–Kier alpha value is -1.23. The summed E-state index contributed by atoms with van der Waals surface area (Å²) in [5.41, 5.74) is -0.103. The fourth-order valence-corrected chi connectivity index (χ4v) is 2.09. The maximum atomic E-state index is 13.6. The number of rotatable bonds is 1. The van der Waals surface area contributed by atoms with Crippen LogP contribution in [-0.4, -0.2) is 26.2 Å². The molecule has 5 heteroatoms. The van der Waals surface area contributed by atoms with Crippen molar-refractivity contribution < 1.29 is 13.2 Å². The Kier molecular flexibility index (Phi) is 3.89. The van der Waals surface area contributed by atoms with Crippen molar-refractivity contribution in [1.29, 1.82) is 0 Å².